The van der Waals surface area contributed by atoms with Gasteiger partial charge in [-0.05, 0) is 29.3 Å². The molecule has 0 aliphatic heterocycles. The zero-order chi connectivity index (χ0) is 19.9. The van der Waals surface area contributed by atoms with Gasteiger partial charge in [0.2, 0.25) is 5.28 Å². The van der Waals surface area contributed by atoms with Gasteiger partial charge in [0.1, 0.15) is 5.75 Å². The SMILES string of the molecule is COc1cc(Cn2c(Cl)nc3c2c(=O)n(C)c(=O)n3C)ccc1SC(F)F. The predicted molar refractivity (Wildman–Crippen MR) is 99.2 cm³/mol. The number of imidazole rings is 1. The number of hydrogen-bond acceptors (Lipinski definition) is 5. The lowest BCUT2D eigenvalue weighted by Crippen LogP contribution is -2.37. The summed E-state index contributed by atoms with van der Waals surface area (Å²) in [5.41, 5.74) is -0.0182. The topological polar surface area (TPSA) is 71.1 Å². The van der Waals surface area contributed by atoms with Crippen LogP contribution in [0.1, 0.15) is 5.56 Å². The van der Waals surface area contributed by atoms with Crippen molar-refractivity contribution in [1.29, 1.82) is 0 Å². The van der Waals surface area contributed by atoms with Gasteiger partial charge in [-0.15, -0.1) is 0 Å². The highest BCUT2D eigenvalue weighted by Gasteiger charge is 2.19. The second-order valence-electron chi connectivity index (χ2n) is 5.71. The van der Waals surface area contributed by atoms with Crippen molar-refractivity contribution in [3.05, 3.63) is 49.9 Å². The second-order valence-corrected chi connectivity index (χ2v) is 7.08. The number of fused-ring (bicyclic) bond motifs is 1. The molecule has 1 aromatic carbocycles. The van der Waals surface area contributed by atoms with Crippen LogP contribution in [0.15, 0.2) is 32.7 Å². The molecule has 144 valence electrons. The fraction of sp³-hybridized carbons (Fsp3) is 0.312. The Bertz CT molecular complexity index is 1140. The molecule has 3 rings (SSSR count). The van der Waals surface area contributed by atoms with E-state index in [-0.39, 0.29) is 23.0 Å². The minimum absolute atomic E-state index is 0.0355. The van der Waals surface area contributed by atoms with E-state index in [0.717, 1.165) is 4.57 Å². The molecule has 7 nitrogen and oxygen atoms in total. The molecule has 2 heterocycles. The number of nitrogens with zero attached hydrogens (tertiary/aromatic N) is 4. The van der Waals surface area contributed by atoms with Crippen molar-refractivity contribution in [2.24, 2.45) is 14.1 Å². The summed E-state index contributed by atoms with van der Waals surface area (Å²) < 4.78 is 34.1. The van der Waals surface area contributed by atoms with Crippen LogP contribution in [0.25, 0.3) is 11.2 Å². The van der Waals surface area contributed by atoms with E-state index in [1.54, 1.807) is 12.1 Å². The minimum Gasteiger partial charge on any atom is -0.496 e. The summed E-state index contributed by atoms with van der Waals surface area (Å²) in [5.74, 6) is -2.28. The monoisotopic (exact) mass is 416 g/mol. The second kappa shape index (κ2) is 7.35. The number of alkyl halides is 2. The van der Waals surface area contributed by atoms with Crippen molar-refractivity contribution >= 4 is 34.5 Å². The Kier molecular flexibility index (Phi) is 5.29. The lowest BCUT2D eigenvalue weighted by Gasteiger charge is -2.11. The molecule has 0 atom stereocenters. The number of thioether (sulfide) groups is 1. The quantitative estimate of drug-likeness (QED) is 0.472. The smallest absolute Gasteiger partial charge is 0.332 e. The van der Waals surface area contributed by atoms with E-state index in [1.165, 1.54) is 36.4 Å². The van der Waals surface area contributed by atoms with Crippen molar-refractivity contribution in [1.82, 2.24) is 18.7 Å². The lowest BCUT2D eigenvalue weighted by molar-refractivity contribution is 0.251. The van der Waals surface area contributed by atoms with Crippen molar-refractivity contribution < 1.29 is 13.5 Å². The number of aromatic nitrogens is 4. The number of methoxy groups -OCH3 is 1. The molecule has 0 aliphatic carbocycles. The van der Waals surface area contributed by atoms with Gasteiger partial charge in [0.25, 0.3) is 11.3 Å². The third kappa shape index (κ3) is 3.46. The summed E-state index contributed by atoms with van der Waals surface area (Å²) in [6, 6.07) is 4.76. The fourth-order valence-electron chi connectivity index (χ4n) is 2.75. The molecular weight excluding hydrogens is 402 g/mol. The molecule has 0 unspecified atom stereocenters. The summed E-state index contributed by atoms with van der Waals surface area (Å²) in [7, 11) is 4.26. The van der Waals surface area contributed by atoms with Gasteiger partial charge >= 0.3 is 5.69 Å². The molecule has 0 amide bonds. The van der Waals surface area contributed by atoms with Gasteiger partial charge in [0.05, 0.1) is 18.6 Å². The normalized spacial score (nSPS) is 11.5. The van der Waals surface area contributed by atoms with Crippen LogP contribution in [0.4, 0.5) is 8.78 Å². The molecule has 0 N–H and O–H groups in total. The van der Waals surface area contributed by atoms with Gasteiger partial charge in [-0.3, -0.25) is 13.9 Å². The molecule has 11 heteroatoms. The van der Waals surface area contributed by atoms with E-state index in [2.05, 4.69) is 4.98 Å². The third-order valence-corrected chi connectivity index (χ3v) is 5.14. The third-order valence-electron chi connectivity index (χ3n) is 4.09. The molecular formula is C16H15ClF2N4O3S. The number of benzene rings is 1. The van der Waals surface area contributed by atoms with Crippen LogP contribution >= 0.6 is 23.4 Å². The molecule has 2 aromatic heterocycles. The van der Waals surface area contributed by atoms with Gasteiger partial charge in [-0.25, -0.2) is 4.79 Å². The van der Waals surface area contributed by atoms with Crippen LogP contribution < -0.4 is 16.0 Å². The maximum Gasteiger partial charge on any atom is 0.332 e. The zero-order valence-electron chi connectivity index (χ0n) is 14.6. The van der Waals surface area contributed by atoms with Gasteiger partial charge in [-0.1, -0.05) is 17.8 Å². The average molecular weight is 417 g/mol. The highest BCUT2D eigenvalue weighted by atomic mass is 35.5. The van der Waals surface area contributed by atoms with E-state index < -0.39 is 17.0 Å². The predicted octanol–water partition coefficient (Wildman–Crippen LogP) is 2.46. The summed E-state index contributed by atoms with van der Waals surface area (Å²) in [6.45, 7) is 0.152. The highest BCUT2D eigenvalue weighted by molar-refractivity contribution is 7.99. The zero-order valence-corrected chi connectivity index (χ0v) is 16.1. The Morgan fingerprint density at radius 3 is 2.59 bits per heavy atom. The molecule has 0 saturated carbocycles. The van der Waals surface area contributed by atoms with E-state index >= 15 is 0 Å². The molecule has 0 aliphatic rings. The highest BCUT2D eigenvalue weighted by Crippen LogP contribution is 2.34. The summed E-state index contributed by atoms with van der Waals surface area (Å²) in [6.07, 6.45) is 0. The van der Waals surface area contributed by atoms with E-state index in [9.17, 15) is 18.4 Å². The van der Waals surface area contributed by atoms with E-state index in [4.69, 9.17) is 16.3 Å². The molecule has 0 fully saturated rings. The van der Waals surface area contributed by atoms with Gasteiger partial charge in [-0.2, -0.15) is 13.8 Å². The van der Waals surface area contributed by atoms with Gasteiger partial charge in [0, 0.05) is 14.1 Å². The molecule has 0 bridgehead atoms. The largest absolute Gasteiger partial charge is 0.496 e. The van der Waals surface area contributed by atoms with E-state index in [0.29, 0.717) is 28.0 Å². The van der Waals surface area contributed by atoms with Crippen LogP contribution in [0.3, 0.4) is 0 Å². The van der Waals surface area contributed by atoms with Crippen molar-refractivity contribution in [2.75, 3.05) is 7.11 Å². The first kappa shape index (κ1) is 19.4. The first-order valence-corrected chi connectivity index (χ1v) is 8.93. The van der Waals surface area contributed by atoms with Crippen molar-refractivity contribution in [3.63, 3.8) is 0 Å². The molecule has 0 radical (unpaired) electrons. The number of halogens is 3. The number of aryl methyl sites for hydroxylation is 1. The standard InChI is InChI=1S/C16H15ClF2N4O3S/c1-21-12-11(13(24)22(2)16(21)25)23(14(17)20-12)7-8-4-5-10(27-15(18)19)9(6-8)26-3/h4-6,15H,7H2,1-3H3. The van der Waals surface area contributed by atoms with Gasteiger partial charge in [0.15, 0.2) is 11.2 Å². The van der Waals surface area contributed by atoms with Crippen molar-refractivity contribution in [3.8, 4) is 5.75 Å². The van der Waals surface area contributed by atoms with Crippen LogP contribution in [-0.4, -0.2) is 31.6 Å². The number of rotatable bonds is 5. The Morgan fingerprint density at radius 2 is 1.96 bits per heavy atom. The molecule has 0 spiro atoms. The Balaban J connectivity index is 2.11. The van der Waals surface area contributed by atoms with E-state index in [1.807, 2.05) is 0 Å². The van der Waals surface area contributed by atoms with Crippen molar-refractivity contribution in [2.45, 2.75) is 17.2 Å². The Labute approximate surface area is 161 Å². The first-order valence-electron chi connectivity index (χ1n) is 7.68. The number of ether oxygens (including phenoxy) is 1. The average Bonchev–Trinajstić information content (AvgIpc) is 2.95. The Morgan fingerprint density at radius 1 is 1.26 bits per heavy atom. The Hall–Kier alpha value is -2.33. The van der Waals surface area contributed by atoms with Crippen LogP contribution in [0.5, 0.6) is 5.75 Å². The minimum atomic E-state index is -2.57. The number of hydrogen-bond donors (Lipinski definition) is 0. The van der Waals surface area contributed by atoms with Crippen LogP contribution in [0, 0.1) is 0 Å². The molecule has 27 heavy (non-hydrogen) atoms. The maximum absolute atomic E-state index is 12.6. The van der Waals surface area contributed by atoms with Gasteiger partial charge < -0.3 is 9.30 Å². The summed E-state index contributed by atoms with van der Waals surface area (Å²) >= 11 is 6.58. The van der Waals surface area contributed by atoms with Crippen LogP contribution in [0.2, 0.25) is 5.28 Å². The lowest BCUT2D eigenvalue weighted by atomic mass is 10.2. The summed E-state index contributed by atoms with van der Waals surface area (Å²) in [4.78, 5) is 29.0. The molecule has 3 aromatic rings. The van der Waals surface area contributed by atoms with Crippen LogP contribution in [-0.2, 0) is 20.6 Å². The first-order chi connectivity index (χ1) is 12.7. The maximum atomic E-state index is 12.6. The summed E-state index contributed by atoms with van der Waals surface area (Å²) in [5, 5.41) is 0.0355. The fourth-order valence-corrected chi connectivity index (χ4v) is 3.57. The molecule has 0 saturated heterocycles.